The van der Waals surface area contributed by atoms with E-state index < -0.39 is 0 Å². The van der Waals surface area contributed by atoms with Gasteiger partial charge in [0, 0.05) is 42.0 Å². The van der Waals surface area contributed by atoms with Crippen LogP contribution in [0.2, 0.25) is 0 Å². The second kappa shape index (κ2) is 7.59. The maximum absolute atomic E-state index is 13.0. The molecule has 164 valence electrons. The second-order valence-electron chi connectivity index (χ2n) is 8.92. The number of nitrogens with zero attached hydrogens (tertiary/aromatic N) is 7. The maximum atomic E-state index is 13.0. The molecule has 0 spiro atoms. The quantitative estimate of drug-likeness (QED) is 0.506. The number of hydrogen-bond donors (Lipinski definition) is 1. The van der Waals surface area contributed by atoms with Gasteiger partial charge in [0.25, 0.3) is 5.56 Å². The summed E-state index contributed by atoms with van der Waals surface area (Å²) < 4.78 is 1.67. The van der Waals surface area contributed by atoms with Gasteiger partial charge in [-0.2, -0.15) is 10.4 Å². The Bertz CT molecular complexity index is 1430. The first-order valence-corrected chi connectivity index (χ1v) is 11.3. The molecule has 1 N–H and O–H groups in total. The molecule has 0 aliphatic heterocycles. The summed E-state index contributed by atoms with van der Waals surface area (Å²) in [7, 11) is 0. The van der Waals surface area contributed by atoms with Crippen molar-refractivity contribution >= 4 is 11.0 Å². The monoisotopic (exact) mass is 438 g/mol. The van der Waals surface area contributed by atoms with Crippen LogP contribution in [0.5, 0.6) is 0 Å². The van der Waals surface area contributed by atoms with E-state index in [-0.39, 0.29) is 34.5 Å². The number of hydrogen-bond acceptors (Lipinski definition) is 7. The minimum atomic E-state index is -0.341. The number of nitrogens with one attached hydrogen (secondary N) is 1. The SMILES string of the molecule is C[C@@H](c1ccc(C2CC2)nc1)n1nc(C#N)c2c(=O)[nH]c([C@H]3CC[C@@H]3c3ncccn3)nc21. The van der Waals surface area contributed by atoms with E-state index in [0.29, 0.717) is 17.4 Å². The summed E-state index contributed by atoms with van der Waals surface area (Å²) in [6.07, 6.45) is 9.55. The molecule has 2 saturated carbocycles. The number of aromatic amines is 1. The fraction of sp³-hybridized carbons (Fsp3) is 0.375. The van der Waals surface area contributed by atoms with Crippen molar-refractivity contribution in [3.63, 3.8) is 0 Å². The molecule has 4 heterocycles. The van der Waals surface area contributed by atoms with Crippen molar-refractivity contribution in [3.8, 4) is 6.07 Å². The van der Waals surface area contributed by atoms with Gasteiger partial charge in [0.2, 0.25) is 0 Å². The lowest BCUT2D eigenvalue weighted by molar-refractivity contribution is 0.319. The van der Waals surface area contributed by atoms with E-state index in [9.17, 15) is 10.1 Å². The summed E-state index contributed by atoms with van der Waals surface area (Å²) in [5.74, 6) is 2.06. The van der Waals surface area contributed by atoms with E-state index in [1.54, 1.807) is 23.1 Å². The zero-order valence-electron chi connectivity index (χ0n) is 18.1. The van der Waals surface area contributed by atoms with Crippen molar-refractivity contribution in [3.05, 3.63) is 75.7 Å². The molecule has 2 aliphatic rings. The van der Waals surface area contributed by atoms with Gasteiger partial charge in [0.15, 0.2) is 11.3 Å². The van der Waals surface area contributed by atoms with Crippen molar-refractivity contribution in [2.45, 2.75) is 56.4 Å². The highest BCUT2D eigenvalue weighted by molar-refractivity contribution is 5.80. The van der Waals surface area contributed by atoms with Crippen molar-refractivity contribution in [2.24, 2.45) is 0 Å². The van der Waals surface area contributed by atoms with Gasteiger partial charge in [-0.3, -0.25) is 9.78 Å². The zero-order chi connectivity index (χ0) is 22.5. The van der Waals surface area contributed by atoms with Crippen LogP contribution in [0.4, 0.5) is 0 Å². The predicted octanol–water partition coefficient (Wildman–Crippen LogP) is 3.32. The highest BCUT2D eigenvalue weighted by Crippen LogP contribution is 2.46. The molecule has 0 radical (unpaired) electrons. The molecule has 2 fully saturated rings. The van der Waals surface area contributed by atoms with Crippen molar-refractivity contribution < 1.29 is 0 Å². The molecule has 4 aromatic rings. The predicted molar refractivity (Wildman–Crippen MR) is 120 cm³/mol. The standard InChI is InChI=1S/C24H22N8O/c1-13(15-5-8-18(28-12-15)14-3-4-14)32-23-20(19(11-25)31-32)24(33)30-22(29-23)17-7-6-16(17)21-26-9-2-10-27-21/h2,5,8-10,12-14,16-17H,3-4,6-7H2,1H3,(H,29,30,33)/t13-,16-,17-/m0/s1. The number of nitriles is 1. The molecule has 9 heteroatoms. The second-order valence-corrected chi connectivity index (χ2v) is 8.92. The van der Waals surface area contributed by atoms with Gasteiger partial charge in [0.1, 0.15) is 23.1 Å². The van der Waals surface area contributed by atoms with E-state index in [1.165, 1.54) is 12.8 Å². The number of fused-ring (bicyclic) bond motifs is 1. The van der Waals surface area contributed by atoms with Crippen LogP contribution in [0.15, 0.2) is 41.6 Å². The third-order valence-corrected chi connectivity index (χ3v) is 6.88. The summed E-state index contributed by atoms with van der Waals surface area (Å²) in [4.78, 5) is 34.1. The van der Waals surface area contributed by atoms with Crippen molar-refractivity contribution in [2.75, 3.05) is 0 Å². The van der Waals surface area contributed by atoms with Gasteiger partial charge < -0.3 is 4.98 Å². The van der Waals surface area contributed by atoms with Crippen LogP contribution in [0, 0.1) is 11.3 Å². The first-order chi connectivity index (χ1) is 16.1. The molecule has 0 unspecified atom stereocenters. The largest absolute Gasteiger partial charge is 0.310 e. The van der Waals surface area contributed by atoms with Gasteiger partial charge >= 0.3 is 0 Å². The Morgan fingerprint density at radius 1 is 1.12 bits per heavy atom. The van der Waals surface area contributed by atoms with Crippen LogP contribution < -0.4 is 5.56 Å². The summed E-state index contributed by atoms with van der Waals surface area (Å²) in [5, 5.41) is 14.3. The van der Waals surface area contributed by atoms with Crippen molar-refractivity contribution in [1.29, 1.82) is 5.26 Å². The fourth-order valence-electron chi connectivity index (χ4n) is 4.65. The number of pyridine rings is 1. The minimum Gasteiger partial charge on any atom is -0.310 e. The lowest BCUT2D eigenvalue weighted by Crippen LogP contribution is -2.28. The first kappa shape index (κ1) is 19.7. The Kier molecular flexibility index (Phi) is 4.54. The van der Waals surface area contributed by atoms with E-state index in [2.05, 4.69) is 37.2 Å². The molecule has 0 aromatic carbocycles. The number of H-pyrrole nitrogens is 1. The molecule has 0 saturated heterocycles. The Hall–Kier alpha value is -3.93. The molecule has 0 bridgehead atoms. The summed E-state index contributed by atoms with van der Waals surface area (Å²) in [5.41, 5.74) is 2.23. The summed E-state index contributed by atoms with van der Waals surface area (Å²) in [6.45, 7) is 1.98. The van der Waals surface area contributed by atoms with Crippen LogP contribution >= 0.6 is 0 Å². The highest BCUT2D eigenvalue weighted by Gasteiger charge is 2.38. The highest BCUT2D eigenvalue weighted by atomic mass is 16.1. The normalized spacial score (nSPS) is 20.8. The van der Waals surface area contributed by atoms with Gasteiger partial charge in [0.05, 0.1) is 6.04 Å². The molecule has 4 aromatic heterocycles. The molecule has 2 aliphatic carbocycles. The number of aromatic nitrogens is 7. The van der Waals surface area contributed by atoms with Gasteiger partial charge in [-0.05, 0) is 50.3 Å². The molecule has 3 atom stereocenters. The van der Waals surface area contributed by atoms with Crippen LogP contribution in [0.1, 0.15) is 85.0 Å². The van der Waals surface area contributed by atoms with E-state index in [0.717, 1.165) is 29.9 Å². The Morgan fingerprint density at radius 2 is 1.91 bits per heavy atom. The molecule has 0 amide bonds. The average molecular weight is 438 g/mol. The molecular weight excluding hydrogens is 416 g/mol. The maximum Gasteiger partial charge on any atom is 0.263 e. The Morgan fingerprint density at radius 3 is 2.55 bits per heavy atom. The first-order valence-electron chi connectivity index (χ1n) is 11.3. The lowest BCUT2D eigenvalue weighted by atomic mass is 9.72. The third-order valence-electron chi connectivity index (χ3n) is 6.88. The van der Waals surface area contributed by atoms with Crippen molar-refractivity contribution in [1.82, 2.24) is 34.7 Å². The topological polar surface area (TPSA) is 126 Å². The fourth-order valence-corrected chi connectivity index (χ4v) is 4.65. The van der Waals surface area contributed by atoms with E-state index >= 15 is 0 Å². The lowest BCUT2D eigenvalue weighted by Gasteiger charge is -2.34. The van der Waals surface area contributed by atoms with E-state index in [1.807, 2.05) is 19.2 Å². The smallest absolute Gasteiger partial charge is 0.263 e. The summed E-state index contributed by atoms with van der Waals surface area (Å²) in [6, 6.07) is 7.72. The van der Waals surface area contributed by atoms with Crippen LogP contribution in [0.3, 0.4) is 0 Å². The Balaban J connectivity index is 1.41. The summed E-state index contributed by atoms with van der Waals surface area (Å²) >= 11 is 0. The number of rotatable bonds is 5. The Labute approximate surface area is 189 Å². The van der Waals surface area contributed by atoms with Crippen LogP contribution in [0.25, 0.3) is 11.0 Å². The van der Waals surface area contributed by atoms with Gasteiger partial charge in [-0.15, -0.1) is 0 Å². The van der Waals surface area contributed by atoms with E-state index in [4.69, 9.17) is 4.98 Å². The minimum absolute atomic E-state index is 0.0215. The van der Waals surface area contributed by atoms with Crippen LogP contribution in [-0.4, -0.2) is 34.7 Å². The van der Waals surface area contributed by atoms with Gasteiger partial charge in [-0.1, -0.05) is 6.07 Å². The van der Waals surface area contributed by atoms with Crippen LogP contribution in [-0.2, 0) is 0 Å². The average Bonchev–Trinajstić information content (AvgIpc) is 3.59. The molecule has 9 nitrogen and oxygen atoms in total. The van der Waals surface area contributed by atoms with Gasteiger partial charge in [-0.25, -0.2) is 19.6 Å². The molecular formula is C24H22N8O. The molecule has 33 heavy (non-hydrogen) atoms. The molecule has 6 rings (SSSR count). The zero-order valence-corrected chi connectivity index (χ0v) is 18.1. The third kappa shape index (κ3) is 3.30.